The van der Waals surface area contributed by atoms with Crippen LogP contribution in [-0.2, 0) is 16.1 Å². The molecule has 0 bridgehead atoms. The maximum atomic E-state index is 13.1. The van der Waals surface area contributed by atoms with Crippen molar-refractivity contribution in [3.8, 4) is 5.75 Å². The van der Waals surface area contributed by atoms with E-state index in [1.807, 2.05) is 32.0 Å². The lowest BCUT2D eigenvalue weighted by Gasteiger charge is -2.29. The largest absolute Gasteiger partial charge is 0.483 e. The van der Waals surface area contributed by atoms with Gasteiger partial charge in [-0.05, 0) is 51.0 Å². The third kappa shape index (κ3) is 7.15. The number of hydrogen-bond acceptors (Lipinski definition) is 3. The van der Waals surface area contributed by atoms with E-state index in [0.29, 0.717) is 27.9 Å². The van der Waals surface area contributed by atoms with Crippen molar-refractivity contribution in [2.24, 2.45) is 0 Å². The SMILES string of the molecule is CCCCNC(=O)[C@@H](C)N(Cc1c(Cl)cccc1Cl)C(=O)COc1ccc(C)cc1C. The predicted molar refractivity (Wildman–Crippen MR) is 126 cm³/mol. The molecule has 2 aromatic carbocycles. The summed E-state index contributed by atoms with van der Waals surface area (Å²) in [4.78, 5) is 27.3. The van der Waals surface area contributed by atoms with Gasteiger partial charge >= 0.3 is 0 Å². The molecule has 2 rings (SSSR count). The van der Waals surface area contributed by atoms with Gasteiger partial charge in [0, 0.05) is 28.7 Å². The van der Waals surface area contributed by atoms with Crippen LogP contribution in [0.15, 0.2) is 36.4 Å². The van der Waals surface area contributed by atoms with Gasteiger partial charge in [-0.3, -0.25) is 9.59 Å². The highest BCUT2D eigenvalue weighted by Crippen LogP contribution is 2.27. The molecular weight excluding hydrogens is 435 g/mol. The zero-order chi connectivity index (χ0) is 23.0. The number of nitrogens with zero attached hydrogens (tertiary/aromatic N) is 1. The van der Waals surface area contributed by atoms with Crippen LogP contribution >= 0.6 is 23.2 Å². The number of carbonyl (C=O) groups excluding carboxylic acids is 2. The Balaban J connectivity index is 2.20. The average Bonchev–Trinajstić information content (AvgIpc) is 2.72. The molecule has 0 unspecified atom stereocenters. The molecule has 0 aliphatic carbocycles. The van der Waals surface area contributed by atoms with Crippen molar-refractivity contribution >= 4 is 35.0 Å². The highest BCUT2D eigenvalue weighted by atomic mass is 35.5. The van der Waals surface area contributed by atoms with E-state index >= 15 is 0 Å². The summed E-state index contributed by atoms with van der Waals surface area (Å²) in [7, 11) is 0. The molecule has 2 amide bonds. The first kappa shape index (κ1) is 25.0. The van der Waals surface area contributed by atoms with Crippen LogP contribution in [0.2, 0.25) is 10.0 Å². The van der Waals surface area contributed by atoms with Gasteiger partial charge in [0.1, 0.15) is 11.8 Å². The topological polar surface area (TPSA) is 58.6 Å². The summed E-state index contributed by atoms with van der Waals surface area (Å²) in [6, 6.07) is 10.2. The van der Waals surface area contributed by atoms with Gasteiger partial charge in [-0.25, -0.2) is 0 Å². The molecule has 168 valence electrons. The van der Waals surface area contributed by atoms with Gasteiger partial charge in [-0.2, -0.15) is 0 Å². The Kier molecular flexibility index (Phi) is 9.66. The fourth-order valence-corrected chi connectivity index (χ4v) is 3.67. The number of aryl methyl sites for hydroxylation is 2. The molecule has 5 nitrogen and oxygen atoms in total. The first-order valence-corrected chi connectivity index (χ1v) is 11.2. The number of carbonyl (C=O) groups is 2. The number of rotatable bonds is 10. The van der Waals surface area contributed by atoms with E-state index in [-0.39, 0.29) is 25.0 Å². The van der Waals surface area contributed by atoms with E-state index < -0.39 is 6.04 Å². The fourth-order valence-electron chi connectivity index (χ4n) is 3.16. The van der Waals surface area contributed by atoms with Gasteiger partial charge in [-0.15, -0.1) is 0 Å². The minimum atomic E-state index is -0.709. The second kappa shape index (κ2) is 12.0. The van der Waals surface area contributed by atoms with Crippen LogP contribution in [0, 0.1) is 13.8 Å². The lowest BCUT2D eigenvalue weighted by molar-refractivity contribution is -0.142. The Bertz CT molecular complexity index is 897. The van der Waals surface area contributed by atoms with Crippen molar-refractivity contribution in [3.05, 3.63) is 63.1 Å². The van der Waals surface area contributed by atoms with Crippen molar-refractivity contribution < 1.29 is 14.3 Å². The molecule has 1 N–H and O–H groups in total. The Hall–Kier alpha value is -2.24. The third-order valence-electron chi connectivity index (χ3n) is 5.07. The third-order valence-corrected chi connectivity index (χ3v) is 5.78. The fraction of sp³-hybridized carbons (Fsp3) is 0.417. The maximum absolute atomic E-state index is 13.1. The van der Waals surface area contributed by atoms with Crippen molar-refractivity contribution in [2.45, 2.75) is 53.1 Å². The molecule has 0 spiro atoms. The van der Waals surface area contributed by atoms with E-state index in [1.54, 1.807) is 25.1 Å². The molecule has 1 atom stereocenters. The first-order valence-electron chi connectivity index (χ1n) is 10.4. The Morgan fingerprint density at radius 1 is 1.13 bits per heavy atom. The Labute approximate surface area is 194 Å². The summed E-state index contributed by atoms with van der Waals surface area (Å²) in [5.41, 5.74) is 2.65. The maximum Gasteiger partial charge on any atom is 0.261 e. The number of benzene rings is 2. The van der Waals surface area contributed by atoms with Crippen LogP contribution in [0.4, 0.5) is 0 Å². The lowest BCUT2D eigenvalue weighted by Crippen LogP contribution is -2.49. The number of hydrogen-bond donors (Lipinski definition) is 1. The molecule has 0 saturated carbocycles. The number of unbranched alkanes of at least 4 members (excludes halogenated alkanes) is 1. The number of nitrogens with one attached hydrogen (secondary N) is 1. The highest BCUT2D eigenvalue weighted by Gasteiger charge is 2.27. The molecule has 0 saturated heterocycles. The van der Waals surface area contributed by atoms with Crippen molar-refractivity contribution in [1.82, 2.24) is 10.2 Å². The van der Waals surface area contributed by atoms with Gasteiger partial charge in [-0.1, -0.05) is 60.3 Å². The summed E-state index contributed by atoms with van der Waals surface area (Å²) < 4.78 is 5.77. The Morgan fingerprint density at radius 2 is 1.81 bits per heavy atom. The molecule has 0 aliphatic rings. The van der Waals surface area contributed by atoms with Crippen LogP contribution in [0.3, 0.4) is 0 Å². The summed E-state index contributed by atoms with van der Waals surface area (Å²) >= 11 is 12.6. The van der Waals surface area contributed by atoms with Crippen molar-refractivity contribution in [3.63, 3.8) is 0 Å². The zero-order valence-electron chi connectivity index (χ0n) is 18.5. The summed E-state index contributed by atoms with van der Waals surface area (Å²) in [5, 5.41) is 3.77. The minimum absolute atomic E-state index is 0.107. The highest BCUT2D eigenvalue weighted by molar-refractivity contribution is 6.36. The second-order valence-electron chi connectivity index (χ2n) is 7.60. The average molecular weight is 465 g/mol. The van der Waals surface area contributed by atoms with Crippen LogP contribution in [0.1, 0.15) is 43.4 Å². The zero-order valence-corrected chi connectivity index (χ0v) is 20.0. The lowest BCUT2D eigenvalue weighted by atomic mass is 10.1. The predicted octanol–water partition coefficient (Wildman–Crippen LogP) is 5.32. The van der Waals surface area contributed by atoms with E-state index in [9.17, 15) is 9.59 Å². The molecule has 7 heteroatoms. The summed E-state index contributed by atoms with van der Waals surface area (Å²) in [5.74, 6) is 0.0836. The molecule has 0 radical (unpaired) electrons. The monoisotopic (exact) mass is 464 g/mol. The second-order valence-corrected chi connectivity index (χ2v) is 8.41. The molecule has 31 heavy (non-hydrogen) atoms. The van der Waals surface area contributed by atoms with E-state index in [4.69, 9.17) is 27.9 Å². The van der Waals surface area contributed by atoms with Crippen LogP contribution < -0.4 is 10.1 Å². The van der Waals surface area contributed by atoms with Gasteiger partial charge in [0.25, 0.3) is 5.91 Å². The summed E-state index contributed by atoms with van der Waals surface area (Å²) in [6.45, 7) is 8.14. The van der Waals surface area contributed by atoms with E-state index in [2.05, 4.69) is 12.2 Å². The van der Waals surface area contributed by atoms with E-state index in [1.165, 1.54) is 4.90 Å². The smallest absolute Gasteiger partial charge is 0.261 e. The van der Waals surface area contributed by atoms with Crippen molar-refractivity contribution in [2.75, 3.05) is 13.2 Å². The molecule has 2 aromatic rings. The Morgan fingerprint density at radius 3 is 2.42 bits per heavy atom. The summed E-state index contributed by atoms with van der Waals surface area (Å²) in [6.07, 6.45) is 1.84. The van der Waals surface area contributed by atoms with Gasteiger partial charge in [0.05, 0.1) is 0 Å². The quantitative estimate of drug-likeness (QED) is 0.483. The molecule has 0 heterocycles. The van der Waals surface area contributed by atoms with Gasteiger partial charge in [0.15, 0.2) is 6.61 Å². The van der Waals surface area contributed by atoms with Crippen LogP contribution in [0.25, 0.3) is 0 Å². The number of amides is 2. The number of ether oxygens (including phenoxy) is 1. The first-order chi connectivity index (χ1) is 14.7. The number of halogens is 2. The van der Waals surface area contributed by atoms with Crippen LogP contribution in [-0.4, -0.2) is 35.9 Å². The van der Waals surface area contributed by atoms with Crippen LogP contribution in [0.5, 0.6) is 5.75 Å². The normalized spacial score (nSPS) is 11.7. The molecule has 0 aromatic heterocycles. The van der Waals surface area contributed by atoms with Gasteiger partial charge in [0.2, 0.25) is 5.91 Å². The molecular formula is C24H30Cl2N2O3. The molecule has 0 aliphatic heterocycles. The van der Waals surface area contributed by atoms with E-state index in [0.717, 1.165) is 24.0 Å². The minimum Gasteiger partial charge on any atom is -0.483 e. The standard InChI is InChI=1S/C24H30Cl2N2O3/c1-5-6-12-27-24(30)18(4)28(14-19-20(25)8-7-9-21(19)26)23(29)15-31-22-11-10-16(2)13-17(22)3/h7-11,13,18H,5-6,12,14-15H2,1-4H3,(H,27,30)/t18-/m1/s1. The molecule has 0 fully saturated rings. The van der Waals surface area contributed by atoms with Gasteiger partial charge < -0.3 is 15.0 Å². The van der Waals surface area contributed by atoms with Crippen molar-refractivity contribution in [1.29, 1.82) is 0 Å².